The van der Waals surface area contributed by atoms with Crippen molar-refractivity contribution in [3.8, 4) is 0 Å². The lowest BCUT2D eigenvalue weighted by molar-refractivity contribution is -0.265. The van der Waals surface area contributed by atoms with E-state index in [0.29, 0.717) is 17.4 Å². The van der Waals surface area contributed by atoms with Crippen LogP contribution in [0, 0.1) is 0 Å². The highest BCUT2D eigenvalue weighted by Crippen LogP contribution is 2.41. The van der Waals surface area contributed by atoms with Crippen LogP contribution in [0.2, 0.25) is 0 Å². The third-order valence-corrected chi connectivity index (χ3v) is 6.14. The van der Waals surface area contributed by atoms with E-state index in [0.717, 1.165) is 12.8 Å². The summed E-state index contributed by atoms with van der Waals surface area (Å²) in [4.78, 5) is 15.0. The van der Waals surface area contributed by atoms with Crippen LogP contribution in [-0.2, 0) is 4.79 Å². The standard InChI is InChI=1S/C15H29IN2O2/c1-7-14(8-2)11-17(13(4,5)6)12(19)15(9-3,10-16)18(14)20/h20H,7-11H2,1-6H3. The van der Waals surface area contributed by atoms with Crippen molar-refractivity contribution in [1.82, 2.24) is 9.96 Å². The minimum Gasteiger partial charge on any atom is -0.334 e. The highest BCUT2D eigenvalue weighted by atomic mass is 127. The largest absolute Gasteiger partial charge is 0.334 e. The van der Waals surface area contributed by atoms with Gasteiger partial charge in [-0.05, 0) is 40.0 Å². The van der Waals surface area contributed by atoms with Crippen LogP contribution in [0.5, 0.6) is 0 Å². The molecule has 0 aromatic rings. The average molecular weight is 396 g/mol. The minimum absolute atomic E-state index is 0.0573. The van der Waals surface area contributed by atoms with E-state index in [9.17, 15) is 10.0 Å². The molecule has 1 unspecified atom stereocenters. The molecule has 1 N–H and O–H groups in total. The van der Waals surface area contributed by atoms with E-state index in [4.69, 9.17) is 0 Å². The Morgan fingerprint density at radius 3 is 2.00 bits per heavy atom. The average Bonchev–Trinajstić information content (AvgIpc) is 2.40. The first-order valence-corrected chi connectivity index (χ1v) is 9.05. The van der Waals surface area contributed by atoms with Crippen molar-refractivity contribution in [3.05, 3.63) is 0 Å². The summed E-state index contributed by atoms with van der Waals surface area (Å²) in [5.41, 5.74) is -1.36. The van der Waals surface area contributed by atoms with Crippen LogP contribution in [0.3, 0.4) is 0 Å². The van der Waals surface area contributed by atoms with Gasteiger partial charge >= 0.3 is 0 Å². The predicted molar refractivity (Wildman–Crippen MR) is 90.3 cm³/mol. The summed E-state index contributed by atoms with van der Waals surface area (Å²) in [7, 11) is 0. The van der Waals surface area contributed by atoms with E-state index in [1.165, 1.54) is 5.06 Å². The topological polar surface area (TPSA) is 43.8 Å². The van der Waals surface area contributed by atoms with Crippen LogP contribution < -0.4 is 0 Å². The fourth-order valence-corrected chi connectivity index (χ4v) is 4.24. The number of carbonyl (C=O) groups is 1. The number of hydroxylamine groups is 2. The minimum atomic E-state index is -0.794. The number of amides is 1. The van der Waals surface area contributed by atoms with Gasteiger partial charge in [0, 0.05) is 16.5 Å². The summed E-state index contributed by atoms with van der Waals surface area (Å²) < 4.78 is 0.602. The predicted octanol–water partition coefficient (Wildman–Crippen LogP) is 3.46. The Morgan fingerprint density at radius 1 is 1.20 bits per heavy atom. The van der Waals surface area contributed by atoms with Crippen LogP contribution in [0.1, 0.15) is 60.8 Å². The maximum Gasteiger partial charge on any atom is 0.246 e. The van der Waals surface area contributed by atoms with Crippen molar-refractivity contribution in [2.24, 2.45) is 0 Å². The molecule has 0 aromatic heterocycles. The molecule has 0 aliphatic carbocycles. The summed E-state index contributed by atoms with van der Waals surface area (Å²) in [6.45, 7) is 13.0. The molecule has 5 heteroatoms. The quantitative estimate of drug-likeness (QED) is 0.585. The molecule has 1 rings (SSSR count). The molecule has 1 fully saturated rings. The summed E-state index contributed by atoms with van der Waals surface area (Å²) in [5.74, 6) is 0.0573. The van der Waals surface area contributed by atoms with Gasteiger partial charge in [0.15, 0.2) is 0 Å². The molecule has 1 atom stereocenters. The number of carbonyl (C=O) groups excluding carboxylic acids is 1. The number of alkyl halides is 1. The molecule has 0 bridgehead atoms. The van der Waals surface area contributed by atoms with Crippen molar-refractivity contribution >= 4 is 28.5 Å². The summed E-state index contributed by atoms with van der Waals surface area (Å²) in [6.07, 6.45) is 2.29. The van der Waals surface area contributed by atoms with Crippen molar-refractivity contribution in [1.29, 1.82) is 0 Å². The van der Waals surface area contributed by atoms with Gasteiger partial charge in [0.1, 0.15) is 5.54 Å². The highest BCUT2D eigenvalue weighted by molar-refractivity contribution is 14.1. The van der Waals surface area contributed by atoms with Gasteiger partial charge in [0.05, 0.1) is 5.54 Å². The van der Waals surface area contributed by atoms with E-state index < -0.39 is 5.54 Å². The maximum atomic E-state index is 13.0. The molecule has 0 saturated carbocycles. The van der Waals surface area contributed by atoms with E-state index in [1.54, 1.807) is 0 Å². The van der Waals surface area contributed by atoms with Crippen molar-refractivity contribution < 1.29 is 10.0 Å². The van der Waals surface area contributed by atoms with Crippen LogP contribution in [0.15, 0.2) is 0 Å². The van der Waals surface area contributed by atoms with Gasteiger partial charge in [-0.25, -0.2) is 0 Å². The monoisotopic (exact) mass is 396 g/mol. The second-order valence-electron chi connectivity index (χ2n) is 6.82. The Kier molecular flexibility index (Phi) is 5.53. The Balaban J connectivity index is 3.41. The molecule has 118 valence electrons. The lowest BCUT2D eigenvalue weighted by atomic mass is 9.79. The molecule has 1 saturated heterocycles. The summed E-state index contributed by atoms with van der Waals surface area (Å²) in [5, 5.41) is 12.3. The van der Waals surface area contributed by atoms with E-state index in [2.05, 4.69) is 57.2 Å². The first-order chi connectivity index (χ1) is 9.15. The van der Waals surface area contributed by atoms with Gasteiger partial charge in [0.25, 0.3) is 0 Å². The zero-order valence-electron chi connectivity index (χ0n) is 13.7. The van der Waals surface area contributed by atoms with Crippen LogP contribution >= 0.6 is 22.6 Å². The number of rotatable bonds is 4. The van der Waals surface area contributed by atoms with Gasteiger partial charge in [-0.1, -0.05) is 43.4 Å². The Bertz CT molecular complexity index is 357. The zero-order valence-corrected chi connectivity index (χ0v) is 15.8. The van der Waals surface area contributed by atoms with Crippen LogP contribution in [0.4, 0.5) is 0 Å². The maximum absolute atomic E-state index is 13.0. The number of hydrogen-bond acceptors (Lipinski definition) is 3. The second-order valence-corrected chi connectivity index (χ2v) is 7.59. The third kappa shape index (κ3) is 2.61. The number of piperazine rings is 1. The van der Waals surface area contributed by atoms with Gasteiger partial charge in [-0.15, -0.1) is 0 Å². The molecule has 1 aliphatic heterocycles. The first-order valence-electron chi connectivity index (χ1n) is 7.52. The summed E-state index contributed by atoms with van der Waals surface area (Å²) in [6, 6.07) is 0. The number of nitrogens with zero attached hydrogens (tertiary/aromatic N) is 2. The molecular formula is C15H29IN2O2. The zero-order chi connectivity index (χ0) is 15.8. The van der Waals surface area contributed by atoms with E-state index in [-0.39, 0.29) is 17.0 Å². The molecular weight excluding hydrogens is 367 g/mol. The lowest BCUT2D eigenvalue weighted by Crippen LogP contribution is -2.76. The van der Waals surface area contributed by atoms with E-state index >= 15 is 0 Å². The highest BCUT2D eigenvalue weighted by Gasteiger charge is 2.58. The van der Waals surface area contributed by atoms with Crippen LogP contribution in [-0.4, -0.2) is 48.7 Å². The molecule has 20 heavy (non-hydrogen) atoms. The molecule has 1 heterocycles. The second kappa shape index (κ2) is 6.08. The molecule has 0 radical (unpaired) electrons. The van der Waals surface area contributed by atoms with Crippen molar-refractivity contribution in [2.45, 2.75) is 77.4 Å². The molecule has 1 amide bonds. The van der Waals surface area contributed by atoms with Crippen LogP contribution in [0.25, 0.3) is 0 Å². The van der Waals surface area contributed by atoms with Crippen molar-refractivity contribution in [3.63, 3.8) is 0 Å². The first kappa shape index (κ1) is 18.2. The Morgan fingerprint density at radius 2 is 1.70 bits per heavy atom. The lowest BCUT2D eigenvalue weighted by Gasteiger charge is -2.58. The fourth-order valence-electron chi connectivity index (χ4n) is 3.05. The smallest absolute Gasteiger partial charge is 0.246 e. The number of hydrogen-bond donors (Lipinski definition) is 1. The molecule has 0 spiro atoms. The van der Waals surface area contributed by atoms with Gasteiger partial charge in [-0.3, -0.25) is 4.79 Å². The van der Waals surface area contributed by atoms with Gasteiger partial charge < -0.3 is 10.1 Å². The van der Waals surface area contributed by atoms with Crippen molar-refractivity contribution in [2.75, 3.05) is 11.0 Å². The van der Waals surface area contributed by atoms with Gasteiger partial charge in [0.2, 0.25) is 5.91 Å². The normalized spacial score (nSPS) is 28.0. The molecule has 1 aliphatic rings. The summed E-state index contributed by atoms with van der Waals surface area (Å²) >= 11 is 2.23. The van der Waals surface area contributed by atoms with Gasteiger partial charge in [-0.2, -0.15) is 5.06 Å². The van der Waals surface area contributed by atoms with E-state index in [1.807, 2.05) is 11.8 Å². The number of halogens is 1. The fraction of sp³-hybridized carbons (Fsp3) is 0.933. The Labute approximate surface area is 137 Å². The SMILES string of the molecule is CCC1(CC)CN(C(C)(C)C)C(=O)C(CC)(CI)N1O. The third-order valence-electron chi connectivity index (χ3n) is 4.88. The Hall–Kier alpha value is 0.120. The molecule has 4 nitrogen and oxygen atoms in total. The molecule has 0 aromatic carbocycles.